The molecule has 1 saturated carbocycles. The van der Waals surface area contributed by atoms with Gasteiger partial charge in [0.05, 0.1) is 19.3 Å². The molecule has 4 unspecified atom stereocenters. The predicted octanol–water partition coefficient (Wildman–Crippen LogP) is 8.66. The van der Waals surface area contributed by atoms with Crippen molar-refractivity contribution >= 4 is 0 Å². The number of hydrogen-bond donors (Lipinski definition) is 0. The zero-order chi connectivity index (χ0) is 27.1. The number of halogens is 4. The van der Waals surface area contributed by atoms with E-state index in [0.717, 1.165) is 63.7 Å². The van der Waals surface area contributed by atoms with E-state index in [1.807, 2.05) is 6.92 Å². The van der Waals surface area contributed by atoms with E-state index in [1.54, 1.807) is 6.07 Å². The van der Waals surface area contributed by atoms with E-state index in [2.05, 4.69) is 6.92 Å². The monoisotopic (exact) mass is 536 g/mol. The number of benzene rings is 2. The summed E-state index contributed by atoms with van der Waals surface area (Å²) in [6.45, 7) is 4.73. The van der Waals surface area contributed by atoms with Crippen molar-refractivity contribution in [2.75, 3.05) is 19.8 Å². The minimum atomic E-state index is -2.08. The largest absolute Gasteiger partial charge is 0.493 e. The molecule has 0 radical (unpaired) electrons. The van der Waals surface area contributed by atoms with Gasteiger partial charge in [0.25, 0.3) is 0 Å². The molecule has 3 nitrogen and oxygen atoms in total. The zero-order valence-corrected chi connectivity index (χ0v) is 22.4. The van der Waals surface area contributed by atoms with E-state index < -0.39 is 30.6 Å². The van der Waals surface area contributed by atoms with Crippen molar-refractivity contribution < 1.29 is 31.8 Å². The van der Waals surface area contributed by atoms with Crippen LogP contribution in [-0.2, 0) is 4.74 Å². The standard InChI is InChI=1S/C31H40F4O3/c1-3-4-15-36-25-12-14-30(28(33)17-25)38-19-29(34)31(35)23-11-13-26(27(32)16-23)22-9-7-21(8-10-22)24-6-5-20(2)37-18-24/h11-14,16-17,20-22,24,29,31H,3-10,15,18-19H2,1-2H3. The summed E-state index contributed by atoms with van der Waals surface area (Å²) < 4.78 is 75.2. The van der Waals surface area contributed by atoms with Crippen molar-refractivity contribution in [1.82, 2.24) is 0 Å². The maximum atomic E-state index is 15.0. The molecule has 2 aromatic carbocycles. The Morgan fingerprint density at radius 3 is 2.32 bits per heavy atom. The predicted molar refractivity (Wildman–Crippen MR) is 140 cm³/mol. The normalized spacial score (nSPS) is 25.5. The fraction of sp³-hybridized carbons (Fsp3) is 0.613. The summed E-state index contributed by atoms with van der Waals surface area (Å²) in [5.41, 5.74) is 0.493. The molecule has 0 bridgehead atoms. The van der Waals surface area contributed by atoms with Crippen LogP contribution in [0.15, 0.2) is 36.4 Å². The number of hydrogen-bond acceptors (Lipinski definition) is 3. The molecule has 210 valence electrons. The van der Waals surface area contributed by atoms with Gasteiger partial charge < -0.3 is 14.2 Å². The molecular formula is C31H40F4O3. The minimum Gasteiger partial charge on any atom is -0.493 e. The van der Waals surface area contributed by atoms with E-state index in [0.29, 0.717) is 35.9 Å². The maximum Gasteiger partial charge on any atom is 0.169 e. The third-order valence-corrected chi connectivity index (χ3v) is 8.15. The summed E-state index contributed by atoms with van der Waals surface area (Å²) in [6.07, 6.45) is 4.12. The topological polar surface area (TPSA) is 27.7 Å². The Labute approximate surface area is 223 Å². The molecule has 4 atom stereocenters. The third-order valence-electron chi connectivity index (χ3n) is 8.15. The molecule has 1 aliphatic heterocycles. The fourth-order valence-corrected chi connectivity index (χ4v) is 5.71. The van der Waals surface area contributed by atoms with Gasteiger partial charge in [-0.25, -0.2) is 17.6 Å². The quantitative estimate of drug-likeness (QED) is 0.212. The van der Waals surface area contributed by atoms with Crippen molar-refractivity contribution in [3.05, 3.63) is 59.2 Å². The van der Waals surface area contributed by atoms with Crippen LogP contribution in [-0.4, -0.2) is 32.1 Å². The molecule has 4 rings (SSSR count). The van der Waals surface area contributed by atoms with Gasteiger partial charge in [0, 0.05) is 6.07 Å². The fourth-order valence-electron chi connectivity index (χ4n) is 5.71. The highest BCUT2D eigenvalue weighted by Gasteiger charge is 2.32. The van der Waals surface area contributed by atoms with Crippen molar-refractivity contribution in [3.8, 4) is 11.5 Å². The van der Waals surface area contributed by atoms with Gasteiger partial charge in [0.15, 0.2) is 23.9 Å². The minimum absolute atomic E-state index is 0.0790. The molecular weight excluding hydrogens is 496 g/mol. The van der Waals surface area contributed by atoms with Crippen LogP contribution in [0, 0.1) is 23.5 Å². The van der Waals surface area contributed by atoms with Crippen molar-refractivity contribution in [2.24, 2.45) is 11.8 Å². The molecule has 7 heteroatoms. The third kappa shape index (κ3) is 7.43. The Morgan fingerprint density at radius 2 is 1.66 bits per heavy atom. The molecule has 1 saturated heterocycles. The zero-order valence-electron chi connectivity index (χ0n) is 22.4. The molecule has 38 heavy (non-hydrogen) atoms. The summed E-state index contributed by atoms with van der Waals surface area (Å²) >= 11 is 0. The Hall–Kier alpha value is -2.28. The van der Waals surface area contributed by atoms with Crippen LogP contribution in [0.1, 0.15) is 88.4 Å². The Balaban J connectivity index is 1.28. The highest BCUT2D eigenvalue weighted by molar-refractivity contribution is 5.33. The lowest BCUT2D eigenvalue weighted by Crippen LogP contribution is -2.31. The summed E-state index contributed by atoms with van der Waals surface area (Å²) in [4.78, 5) is 0. The van der Waals surface area contributed by atoms with Crippen LogP contribution in [0.3, 0.4) is 0 Å². The van der Waals surface area contributed by atoms with Gasteiger partial charge >= 0.3 is 0 Å². The summed E-state index contributed by atoms with van der Waals surface area (Å²) in [6, 6.07) is 8.17. The lowest BCUT2D eigenvalue weighted by Gasteiger charge is -2.37. The molecule has 2 aliphatic rings. The van der Waals surface area contributed by atoms with Crippen molar-refractivity contribution in [2.45, 2.75) is 89.6 Å². The highest BCUT2D eigenvalue weighted by atomic mass is 19.2. The first-order valence-corrected chi connectivity index (χ1v) is 14.1. The summed E-state index contributed by atoms with van der Waals surface area (Å²) in [7, 11) is 0. The van der Waals surface area contributed by atoms with Gasteiger partial charge in [0.2, 0.25) is 0 Å². The van der Waals surface area contributed by atoms with Gasteiger partial charge in [-0.15, -0.1) is 0 Å². The van der Waals surface area contributed by atoms with Crippen LogP contribution in [0.25, 0.3) is 0 Å². The Kier molecular flexibility index (Phi) is 10.3. The van der Waals surface area contributed by atoms with Crippen molar-refractivity contribution in [3.63, 3.8) is 0 Å². The number of unbranched alkanes of at least 4 members (excludes halogenated alkanes) is 1. The van der Waals surface area contributed by atoms with E-state index >= 15 is 4.39 Å². The maximum absolute atomic E-state index is 15.0. The molecule has 1 aliphatic carbocycles. The lowest BCUT2D eigenvalue weighted by molar-refractivity contribution is -0.0282. The average molecular weight is 537 g/mol. The van der Waals surface area contributed by atoms with Crippen LogP contribution in [0.4, 0.5) is 17.6 Å². The first-order chi connectivity index (χ1) is 18.4. The van der Waals surface area contributed by atoms with E-state index in [1.165, 1.54) is 24.6 Å². The molecule has 0 spiro atoms. The smallest absolute Gasteiger partial charge is 0.169 e. The van der Waals surface area contributed by atoms with E-state index in [-0.39, 0.29) is 17.2 Å². The van der Waals surface area contributed by atoms with Crippen molar-refractivity contribution in [1.29, 1.82) is 0 Å². The van der Waals surface area contributed by atoms with Crippen LogP contribution < -0.4 is 9.47 Å². The lowest BCUT2D eigenvalue weighted by atomic mass is 9.72. The first-order valence-electron chi connectivity index (χ1n) is 14.1. The number of alkyl halides is 2. The Bertz CT molecular complexity index is 1020. The van der Waals surface area contributed by atoms with Crippen LogP contribution in [0.2, 0.25) is 0 Å². The average Bonchev–Trinajstić information content (AvgIpc) is 2.92. The van der Waals surface area contributed by atoms with Crippen LogP contribution in [0.5, 0.6) is 11.5 Å². The second-order valence-corrected chi connectivity index (χ2v) is 10.9. The molecule has 1 heterocycles. The van der Waals surface area contributed by atoms with Gasteiger partial charge in [-0.05, 0) is 98.9 Å². The molecule has 2 fully saturated rings. The molecule has 2 aromatic rings. The van der Waals surface area contributed by atoms with Crippen LogP contribution >= 0.6 is 0 Å². The number of rotatable bonds is 11. The molecule has 0 amide bonds. The van der Waals surface area contributed by atoms with Gasteiger partial charge in [-0.3, -0.25) is 0 Å². The SMILES string of the molecule is CCCCOc1ccc(OCC(F)C(F)c2ccc(C3CCC(C4CCC(C)OC4)CC3)c(F)c2)c(F)c1. The number of ether oxygens (including phenoxy) is 3. The second kappa shape index (κ2) is 13.7. The Morgan fingerprint density at radius 1 is 0.895 bits per heavy atom. The van der Waals surface area contributed by atoms with Gasteiger partial charge in [0.1, 0.15) is 18.2 Å². The first kappa shape index (κ1) is 28.7. The van der Waals surface area contributed by atoms with E-state index in [9.17, 15) is 13.2 Å². The van der Waals surface area contributed by atoms with E-state index in [4.69, 9.17) is 14.2 Å². The molecule has 0 N–H and O–H groups in total. The van der Waals surface area contributed by atoms with Gasteiger partial charge in [-0.2, -0.15) is 0 Å². The van der Waals surface area contributed by atoms with Gasteiger partial charge in [-0.1, -0.05) is 25.5 Å². The summed E-state index contributed by atoms with van der Waals surface area (Å²) in [5, 5.41) is 0. The second-order valence-electron chi connectivity index (χ2n) is 10.9. The highest BCUT2D eigenvalue weighted by Crippen LogP contribution is 2.42. The summed E-state index contributed by atoms with van der Waals surface area (Å²) in [5.74, 6) is 0.236. The molecule has 0 aromatic heterocycles.